The van der Waals surface area contributed by atoms with Gasteiger partial charge in [0, 0.05) is 11.9 Å². The molecule has 0 amide bonds. The van der Waals surface area contributed by atoms with Crippen molar-refractivity contribution in [1.29, 1.82) is 0 Å². The largest absolute Gasteiger partial charge is 0.264 e. The third kappa shape index (κ3) is 1.43. The second kappa shape index (κ2) is 3.25. The summed E-state index contributed by atoms with van der Waals surface area (Å²) in [6, 6.07) is 4.76. The Morgan fingerprint density at radius 2 is 2.31 bits per heavy atom. The fraction of sp³-hybridized carbons (Fsp3) is 0.222. The molecular formula is C9H8FIN2. The van der Waals surface area contributed by atoms with Crippen LogP contribution in [0.3, 0.4) is 0 Å². The molecule has 0 radical (unpaired) electrons. The van der Waals surface area contributed by atoms with Gasteiger partial charge in [0.15, 0.2) is 0 Å². The Balaban J connectivity index is 2.80. The van der Waals surface area contributed by atoms with Crippen molar-refractivity contribution in [2.45, 2.75) is 13.5 Å². The average molecular weight is 290 g/mol. The number of fused-ring (bicyclic) bond motifs is 1. The first-order chi connectivity index (χ1) is 6.22. The van der Waals surface area contributed by atoms with E-state index in [1.165, 1.54) is 12.1 Å². The summed E-state index contributed by atoms with van der Waals surface area (Å²) in [5.74, 6) is -0.207. The van der Waals surface area contributed by atoms with Crippen molar-refractivity contribution in [3.8, 4) is 0 Å². The minimum Gasteiger partial charge on any atom is -0.264 e. The molecule has 0 bridgehead atoms. The monoisotopic (exact) mass is 290 g/mol. The van der Waals surface area contributed by atoms with Crippen molar-refractivity contribution in [3.63, 3.8) is 0 Å². The van der Waals surface area contributed by atoms with Gasteiger partial charge in [0.1, 0.15) is 9.52 Å². The normalized spacial score (nSPS) is 11.0. The molecule has 0 aliphatic carbocycles. The molecule has 0 aliphatic heterocycles. The highest BCUT2D eigenvalue weighted by Crippen LogP contribution is 2.20. The van der Waals surface area contributed by atoms with Gasteiger partial charge in [-0.1, -0.05) is 0 Å². The number of aryl methyl sites for hydroxylation is 1. The van der Waals surface area contributed by atoms with Crippen LogP contribution in [-0.4, -0.2) is 9.78 Å². The van der Waals surface area contributed by atoms with Crippen LogP contribution < -0.4 is 0 Å². The predicted octanol–water partition coefficient (Wildman–Crippen LogP) is 2.80. The highest BCUT2D eigenvalue weighted by molar-refractivity contribution is 14.1. The lowest BCUT2D eigenvalue weighted by molar-refractivity contribution is 0.629. The maximum Gasteiger partial charge on any atom is 0.131 e. The van der Waals surface area contributed by atoms with Crippen LogP contribution >= 0.6 is 22.6 Å². The van der Waals surface area contributed by atoms with Crippen LogP contribution in [0.5, 0.6) is 0 Å². The van der Waals surface area contributed by atoms with Crippen LogP contribution in [0.2, 0.25) is 0 Å². The molecule has 1 heterocycles. The molecule has 2 rings (SSSR count). The topological polar surface area (TPSA) is 17.8 Å². The molecule has 0 atom stereocenters. The highest BCUT2D eigenvalue weighted by atomic mass is 127. The Kier molecular flexibility index (Phi) is 2.23. The second-order valence-corrected chi connectivity index (χ2v) is 3.79. The molecule has 0 fully saturated rings. The SMILES string of the molecule is CCn1nc(I)c2cc(F)ccc21. The number of benzene rings is 1. The van der Waals surface area contributed by atoms with Crippen LogP contribution in [0.15, 0.2) is 18.2 Å². The molecule has 68 valence electrons. The smallest absolute Gasteiger partial charge is 0.131 e. The van der Waals surface area contributed by atoms with Crippen LogP contribution in [-0.2, 0) is 6.54 Å². The van der Waals surface area contributed by atoms with E-state index in [0.29, 0.717) is 0 Å². The van der Waals surface area contributed by atoms with E-state index in [-0.39, 0.29) is 5.82 Å². The predicted molar refractivity (Wildman–Crippen MR) is 58.1 cm³/mol. The Hall–Kier alpha value is -0.650. The number of aromatic nitrogens is 2. The molecule has 2 nitrogen and oxygen atoms in total. The van der Waals surface area contributed by atoms with Gasteiger partial charge in [0.25, 0.3) is 0 Å². The minimum atomic E-state index is -0.207. The van der Waals surface area contributed by atoms with Gasteiger partial charge < -0.3 is 0 Å². The molecule has 1 aromatic carbocycles. The maximum absolute atomic E-state index is 12.9. The van der Waals surface area contributed by atoms with Crippen LogP contribution in [0.4, 0.5) is 4.39 Å². The first-order valence-electron chi connectivity index (χ1n) is 4.04. The van der Waals surface area contributed by atoms with E-state index in [0.717, 1.165) is 21.1 Å². The molecule has 0 N–H and O–H groups in total. The molecule has 13 heavy (non-hydrogen) atoms. The molecule has 4 heteroatoms. The molecule has 1 aromatic heterocycles. The van der Waals surface area contributed by atoms with Gasteiger partial charge in [-0.2, -0.15) is 5.10 Å². The number of hydrogen-bond acceptors (Lipinski definition) is 1. The van der Waals surface area contributed by atoms with E-state index in [4.69, 9.17) is 0 Å². The number of rotatable bonds is 1. The van der Waals surface area contributed by atoms with E-state index < -0.39 is 0 Å². The van der Waals surface area contributed by atoms with Crippen molar-refractivity contribution >= 4 is 33.5 Å². The standard InChI is InChI=1S/C9H8FIN2/c1-2-13-8-4-3-6(10)5-7(8)9(11)12-13/h3-5H,2H2,1H3. The summed E-state index contributed by atoms with van der Waals surface area (Å²) < 4.78 is 15.6. The van der Waals surface area contributed by atoms with Crippen LogP contribution in [0.25, 0.3) is 10.9 Å². The average Bonchev–Trinajstić information content (AvgIpc) is 2.43. The van der Waals surface area contributed by atoms with Gasteiger partial charge in [-0.05, 0) is 47.7 Å². The summed E-state index contributed by atoms with van der Waals surface area (Å²) in [6.45, 7) is 2.83. The number of nitrogens with zero attached hydrogens (tertiary/aromatic N) is 2. The molecular weight excluding hydrogens is 282 g/mol. The van der Waals surface area contributed by atoms with Crippen molar-refractivity contribution in [1.82, 2.24) is 9.78 Å². The lowest BCUT2D eigenvalue weighted by atomic mass is 10.2. The fourth-order valence-corrected chi connectivity index (χ4v) is 2.05. The summed E-state index contributed by atoms with van der Waals surface area (Å²) in [5.41, 5.74) is 0.994. The zero-order valence-corrected chi connectivity index (χ0v) is 9.25. The van der Waals surface area contributed by atoms with Crippen LogP contribution in [0.1, 0.15) is 6.92 Å². The van der Waals surface area contributed by atoms with Gasteiger partial charge in [-0.15, -0.1) is 0 Å². The van der Waals surface area contributed by atoms with Gasteiger partial charge in [0.05, 0.1) is 5.52 Å². The van der Waals surface area contributed by atoms with E-state index in [2.05, 4.69) is 27.7 Å². The number of hydrogen-bond donors (Lipinski definition) is 0. The summed E-state index contributed by atoms with van der Waals surface area (Å²) in [5, 5.41) is 5.18. The van der Waals surface area contributed by atoms with Gasteiger partial charge in [-0.25, -0.2) is 4.39 Å². The number of halogens is 2. The Bertz CT molecular complexity index is 450. The zero-order valence-electron chi connectivity index (χ0n) is 7.09. The third-order valence-electron chi connectivity index (χ3n) is 1.97. The lowest BCUT2D eigenvalue weighted by Crippen LogP contribution is -1.95. The molecule has 0 unspecified atom stereocenters. The van der Waals surface area contributed by atoms with Crippen LogP contribution in [0, 0.1) is 9.52 Å². The summed E-state index contributed by atoms with van der Waals surface area (Å²) in [7, 11) is 0. The van der Waals surface area contributed by atoms with Gasteiger partial charge >= 0.3 is 0 Å². The van der Waals surface area contributed by atoms with Gasteiger partial charge in [-0.3, -0.25) is 4.68 Å². The molecule has 2 aromatic rings. The van der Waals surface area contributed by atoms with Crippen molar-refractivity contribution in [2.24, 2.45) is 0 Å². The molecule has 0 saturated carbocycles. The lowest BCUT2D eigenvalue weighted by Gasteiger charge is -1.96. The van der Waals surface area contributed by atoms with E-state index in [1.54, 1.807) is 6.07 Å². The van der Waals surface area contributed by atoms with E-state index in [9.17, 15) is 4.39 Å². The Labute approximate surface area is 88.9 Å². The maximum atomic E-state index is 12.9. The Morgan fingerprint density at radius 3 is 3.00 bits per heavy atom. The quantitative estimate of drug-likeness (QED) is 0.738. The highest BCUT2D eigenvalue weighted by Gasteiger charge is 2.07. The van der Waals surface area contributed by atoms with Crippen molar-refractivity contribution in [2.75, 3.05) is 0 Å². The molecule has 0 saturated heterocycles. The van der Waals surface area contributed by atoms with E-state index >= 15 is 0 Å². The first-order valence-corrected chi connectivity index (χ1v) is 5.12. The summed E-state index contributed by atoms with van der Waals surface area (Å²) in [6.07, 6.45) is 0. The first kappa shape index (κ1) is 8.93. The second-order valence-electron chi connectivity index (χ2n) is 2.77. The minimum absolute atomic E-state index is 0.207. The summed E-state index contributed by atoms with van der Waals surface area (Å²) >= 11 is 2.12. The third-order valence-corrected chi connectivity index (χ3v) is 2.76. The zero-order chi connectivity index (χ0) is 9.42. The molecule has 0 aliphatic rings. The van der Waals surface area contributed by atoms with Crippen molar-refractivity contribution in [3.05, 3.63) is 27.7 Å². The Morgan fingerprint density at radius 1 is 1.54 bits per heavy atom. The van der Waals surface area contributed by atoms with Gasteiger partial charge in [0.2, 0.25) is 0 Å². The molecule has 0 spiro atoms. The van der Waals surface area contributed by atoms with E-state index in [1.807, 2.05) is 11.6 Å². The van der Waals surface area contributed by atoms with Crippen molar-refractivity contribution < 1.29 is 4.39 Å². The summed E-state index contributed by atoms with van der Waals surface area (Å²) in [4.78, 5) is 0. The fourth-order valence-electron chi connectivity index (χ4n) is 1.35.